The number of fused-ring (bicyclic) bond motifs is 1. The highest BCUT2D eigenvalue weighted by molar-refractivity contribution is 5.48. The molecule has 4 heterocycles. The number of aromatic nitrogens is 4. The summed E-state index contributed by atoms with van der Waals surface area (Å²) < 4.78 is 10.1. The van der Waals surface area contributed by atoms with Gasteiger partial charge in [-0.05, 0) is 31.9 Å². The molecule has 1 aliphatic heterocycles. The van der Waals surface area contributed by atoms with Crippen LogP contribution in [0.15, 0.2) is 36.9 Å². The normalized spacial score (nSPS) is 20.6. The lowest BCUT2D eigenvalue weighted by atomic mass is 9.97. The molecule has 132 valence electrons. The molecule has 6 heteroatoms. The molecule has 1 aliphatic rings. The topological polar surface area (TPSA) is 56.4 Å². The molecule has 3 aromatic rings. The Balaban J connectivity index is 1.39. The number of ether oxygens (including phenoxy) is 1. The van der Waals surface area contributed by atoms with Crippen LogP contribution in [0.3, 0.4) is 0 Å². The summed E-state index contributed by atoms with van der Waals surface area (Å²) in [7, 11) is 0. The Hall–Kier alpha value is -2.18. The van der Waals surface area contributed by atoms with Crippen LogP contribution in [0.5, 0.6) is 0 Å². The Morgan fingerprint density at radius 2 is 2.28 bits per heavy atom. The lowest BCUT2D eigenvalue weighted by Crippen LogP contribution is -2.25. The number of hydrogen-bond donors (Lipinski definition) is 1. The van der Waals surface area contributed by atoms with Crippen LogP contribution in [-0.2, 0) is 17.8 Å². The van der Waals surface area contributed by atoms with Crippen molar-refractivity contribution in [1.29, 1.82) is 0 Å². The van der Waals surface area contributed by atoms with Gasteiger partial charge in [0.1, 0.15) is 5.65 Å². The average Bonchev–Trinajstić information content (AvgIpc) is 3.34. The molecule has 0 amide bonds. The Labute approximate surface area is 147 Å². The molecule has 6 nitrogen and oxygen atoms in total. The van der Waals surface area contributed by atoms with Crippen molar-refractivity contribution >= 4 is 5.65 Å². The molecule has 0 unspecified atom stereocenters. The maximum atomic E-state index is 5.97. The van der Waals surface area contributed by atoms with Gasteiger partial charge >= 0.3 is 0 Å². The van der Waals surface area contributed by atoms with Gasteiger partial charge in [0.2, 0.25) is 0 Å². The Morgan fingerprint density at radius 1 is 1.36 bits per heavy atom. The molecule has 4 rings (SSSR count). The zero-order valence-electron chi connectivity index (χ0n) is 14.9. The molecule has 0 saturated carbocycles. The summed E-state index contributed by atoms with van der Waals surface area (Å²) in [5, 5.41) is 7.98. The summed E-state index contributed by atoms with van der Waals surface area (Å²) in [6, 6.07) is 4.16. The van der Waals surface area contributed by atoms with E-state index in [2.05, 4.69) is 58.2 Å². The molecular weight excluding hydrogens is 314 g/mol. The fourth-order valence-electron chi connectivity index (χ4n) is 3.63. The van der Waals surface area contributed by atoms with Crippen molar-refractivity contribution in [3.63, 3.8) is 0 Å². The third kappa shape index (κ3) is 3.19. The molecule has 0 aromatic carbocycles. The summed E-state index contributed by atoms with van der Waals surface area (Å²) >= 11 is 0. The summed E-state index contributed by atoms with van der Waals surface area (Å²) in [4.78, 5) is 4.53. The first-order chi connectivity index (χ1) is 12.3. The van der Waals surface area contributed by atoms with Crippen molar-refractivity contribution in [2.45, 2.75) is 39.5 Å². The third-order valence-electron chi connectivity index (χ3n) is 5.04. The Kier molecular flexibility index (Phi) is 4.55. The van der Waals surface area contributed by atoms with Gasteiger partial charge in [0, 0.05) is 50.1 Å². The van der Waals surface area contributed by atoms with Gasteiger partial charge in [0.15, 0.2) is 0 Å². The van der Waals surface area contributed by atoms with Gasteiger partial charge in [-0.3, -0.25) is 4.68 Å². The lowest BCUT2D eigenvalue weighted by Gasteiger charge is -2.17. The first-order valence-electron chi connectivity index (χ1n) is 9.02. The minimum absolute atomic E-state index is 0.150. The van der Waals surface area contributed by atoms with Crippen molar-refractivity contribution in [3.8, 4) is 0 Å². The van der Waals surface area contributed by atoms with Gasteiger partial charge in [-0.15, -0.1) is 0 Å². The molecular formula is C19H25N5O. The maximum Gasteiger partial charge on any atom is 0.139 e. The van der Waals surface area contributed by atoms with Gasteiger partial charge in [-0.1, -0.05) is 6.07 Å². The van der Waals surface area contributed by atoms with Crippen LogP contribution in [0, 0.1) is 12.8 Å². The van der Waals surface area contributed by atoms with Crippen molar-refractivity contribution in [2.24, 2.45) is 5.92 Å². The number of nitrogens with zero attached hydrogens (tertiary/aromatic N) is 4. The van der Waals surface area contributed by atoms with Crippen LogP contribution in [0.2, 0.25) is 0 Å². The second kappa shape index (κ2) is 6.98. The van der Waals surface area contributed by atoms with E-state index in [1.165, 1.54) is 16.8 Å². The largest absolute Gasteiger partial charge is 0.373 e. The molecule has 3 aromatic heterocycles. The van der Waals surface area contributed by atoms with Crippen molar-refractivity contribution < 1.29 is 4.74 Å². The molecule has 1 fully saturated rings. The Morgan fingerprint density at radius 3 is 3.12 bits per heavy atom. The Bertz CT molecular complexity index is 852. The van der Waals surface area contributed by atoms with Crippen LogP contribution >= 0.6 is 0 Å². The number of imidazole rings is 1. The first kappa shape index (κ1) is 16.3. The SMILES string of the molecule is CCn1cc([C@H]2OCC[C@@H]2CNCc2cnc3c(C)cccn23)cn1. The second-order valence-corrected chi connectivity index (χ2v) is 6.73. The molecule has 0 radical (unpaired) electrons. The van der Waals surface area contributed by atoms with Crippen LogP contribution in [0.4, 0.5) is 0 Å². The van der Waals surface area contributed by atoms with Crippen molar-refractivity contribution in [2.75, 3.05) is 13.2 Å². The van der Waals surface area contributed by atoms with Crippen LogP contribution < -0.4 is 5.32 Å². The third-order valence-corrected chi connectivity index (χ3v) is 5.04. The number of pyridine rings is 1. The number of rotatable bonds is 6. The fourth-order valence-corrected chi connectivity index (χ4v) is 3.63. The van der Waals surface area contributed by atoms with E-state index in [0.717, 1.165) is 38.3 Å². The minimum Gasteiger partial charge on any atom is -0.373 e. The summed E-state index contributed by atoms with van der Waals surface area (Å²) in [6.07, 6.45) is 9.32. The van der Waals surface area contributed by atoms with Gasteiger partial charge in [0.25, 0.3) is 0 Å². The van der Waals surface area contributed by atoms with E-state index >= 15 is 0 Å². The van der Waals surface area contributed by atoms with Gasteiger partial charge < -0.3 is 14.5 Å². The summed E-state index contributed by atoms with van der Waals surface area (Å²) in [5.41, 5.74) is 4.61. The molecule has 2 atom stereocenters. The van der Waals surface area contributed by atoms with E-state index in [1.54, 1.807) is 0 Å². The zero-order chi connectivity index (χ0) is 17.2. The first-order valence-corrected chi connectivity index (χ1v) is 9.02. The van der Waals surface area contributed by atoms with Crippen LogP contribution in [0.25, 0.3) is 5.65 Å². The van der Waals surface area contributed by atoms with E-state index < -0.39 is 0 Å². The van der Waals surface area contributed by atoms with Gasteiger partial charge in [0.05, 0.1) is 24.2 Å². The van der Waals surface area contributed by atoms with Gasteiger partial charge in [-0.2, -0.15) is 5.10 Å². The molecule has 0 spiro atoms. The monoisotopic (exact) mass is 339 g/mol. The van der Waals surface area contributed by atoms with E-state index in [4.69, 9.17) is 4.74 Å². The predicted molar refractivity (Wildman–Crippen MR) is 96.3 cm³/mol. The standard InChI is InChI=1S/C19H25N5O/c1-3-23-13-16(10-22-23)18-15(6-8-25-18)9-20-11-17-12-21-19-14(2)5-4-7-24(17)19/h4-5,7,10,12-13,15,18,20H,3,6,8-9,11H2,1-2H3/t15-,18+/m1/s1. The average molecular weight is 339 g/mol. The molecule has 0 aliphatic carbocycles. The van der Waals surface area contributed by atoms with Crippen molar-refractivity contribution in [3.05, 3.63) is 53.7 Å². The molecule has 0 bridgehead atoms. The molecule has 1 N–H and O–H groups in total. The molecule has 25 heavy (non-hydrogen) atoms. The zero-order valence-corrected chi connectivity index (χ0v) is 14.9. The van der Waals surface area contributed by atoms with Crippen molar-refractivity contribution in [1.82, 2.24) is 24.5 Å². The highest BCUT2D eigenvalue weighted by Gasteiger charge is 2.30. The van der Waals surface area contributed by atoms with E-state index in [-0.39, 0.29) is 6.10 Å². The van der Waals surface area contributed by atoms with E-state index in [0.29, 0.717) is 5.92 Å². The fraction of sp³-hybridized carbons (Fsp3) is 0.474. The van der Waals surface area contributed by atoms with E-state index in [1.807, 2.05) is 17.1 Å². The summed E-state index contributed by atoms with van der Waals surface area (Å²) in [5.74, 6) is 0.482. The smallest absolute Gasteiger partial charge is 0.139 e. The number of hydrogen-bond acceptors (Lipinski definition) is 4. The summed E-state index contributed by atoms with van der Waals surface area (Å²) in [6.45, 7) is 7.65. The lowest BCUT2D eigenvalue weighted by molar-refractivity contribution is 0.0903. The number of aryl methyl sites for hydroxylation is 2. The molecule has 1 saturated heterocycles. The quantitative estimate of drug-likeness (QED) is 0.750. The highest BCUT2D eigenvalue weighted by atomic mass is 16.5. The van der Waals surface area contributed by atoms with Crippen LogP contribution in [0.1, 0.15) is 36.3 Å². The highest BCUT2D eigenvalue weighted by Crippen LogP contribution is 2.33. The minimum atomic E-state index is 0.150. The predicted octanol–water partition coefficient (Wildman–Crippen LogP) is 2.73. The van der Waals surface area contributed by atoms with E-state index in [9.17, 15) is 0 Å². The number of nitrogens with one attached hydrogen (secondary N) is 1. The van der Waals surface area contributed by atoms with Crippen LogP contribution in [-0.4, -0.2) is 32.3 Å². The van der Waals surface area contributed by atoms with Gasteiger partial charge in [-0.25, -0.2) is 4.98 Å². The maximum absolute atomic E-state index is 5.97. The second-order valence-electron chi connectivity index (χ2n) is 6.73.